The molecule has 0 atom stereocenters. The van der Waals surface area contributed by atoms with E-state index < -0.39 is 5.60 Å². The Morgan fingerprint density at radius 3 is 2.61 bits per heavy atom. The first-order valence-electron chi connectivity index (χ1n) is 11.4. The summed E-state index contributed by atoms with van der Waals surface area (Å²) in [7, 11) is 0. The number of aromatic nitrogens is 1. The van der Waals surface area contributed by atoms with Gasteiger partial charge in [0.05, 0.1) is 26.5 Å². The molecule has 3 aromatic rings. The molecule has 0 saturated heterocycles. The average molecular weight is 435 g/mol. The van der Waals surface area contributed by atoms with Crippen LogP contribution in [-0.2, 0) is 12.0 Å². The van der Waals surface area contributed by atoms with Gasteiger partial charge in [-0.1, -0.05) is 38.0 Å². The van der Waals surface area contributed by atoms with Gasteiger partial charge in [0.25, 0.3) is 5.91 Å². The number of fused-ring (bicyclic) bond motifs is 2. The van der Waals surface area contributed by atoms with Crippen molar-refractivity contribution in [2.75, 3.05) is 11.4 Å². The van der Waals surface area contributed by atoms with Crippen LogP contribution >= 0.6 is 11.3 Å². The molecule has 5 rings (SSSR count). The topological polar surface area (TPSA) is 53.4 Å². The lowest BCUT2D eigenvalue weighted by atomic mass is 9.83. The maximum absolute atomic E-state index is 13.3. The zero-order valence-corrected chi connectivity index (χ0v) is 19.3. The summed E-state index contributed by atoms with van der Waals surface area (Å²) in [5.41, 5.74) is 3.31. The van der Waals surface area contributed by atoms with Crippen LogP contribution in [0.5, 0.6) is 0 Å². The van der Waals surface area contributed by atoms with Gasteiger partial charge >= 0.3 is 0 Å². The molecule has 1 aliphatic carbocycles. The van der Waals surface area contributed by atoms with Crippen molar-refractivity contribution in [3.63, 3.8) is 0 Å². The second-order valence-electron chi connectivity index (χ2n) is 9.77. The Bertz CT molecular complexity index is 1140. The lowest BCUT2D eigenvalue weighted by molar-refractivity contribution is 0.0789. The van der Waals surface area contributed by atoms with Gasteiger partial charge in [-0.25, -0.2) is 4.98 Å². The minimum atomic E-state index is -1.06. The molecule has 2 aliphatic rings. The van der Waals surface area contributed by atoms with Gasteiger partial charge in [0.15, 0.2) is 0 Å². The van der Waals surface area contributed by atoms with Crippen LogP contribution in [0.15, 0.2) is 36.4 Å². The van der Waals surface area contributed by atoms with Gasteiger partial charge in [0, 0.05) is 23.6 Å². The van der Waals surface area contributed by atoms with E-state index in [0.29, 0.717) is 12.5 Å². The molecule has 0 radical (unpaired) electrons. The fourth-order valence-electron chi connectivity index (χ4n) is 5.03. The Balaban J connectivity index is 1.58. The molecule has 0 unspecified atom stereocenters. The van der Waals surface area contributed by atoms with E-state index >= 15 is 0 Å². The summed E-state index contributed by atoms with van der Waals surface area (Å²) >= 11 is 1.76. The molecule has 1 aliphatic heterocycles. The molecule has 1 saturated carbocycles. The normalized spacial score (nSPS) is 22.1. The fraction of sp³-hybridized carbons (Fsp3) is 0.462. The van der Waals surface area contributed by atoms with Gasteiger partial charge in [-0.05, 0) is 62.8 Å². The number of rotatable bonds is 3. The van der Waals surface area contributed by atoms with Crippen LogP contribution in [0.25, 0.3) is 10.2 Å². The Morgan fingerprint density at radius 2 is 1.87 bits per heavy atom. The molecular weight excluding hydrogens is 404 g/mol. The monoisotopic (exact) mass is 434 g/mol. The van der Waals surface area contributed by atoms with Crippen molar-refractivity contribution >= 4 is 33.1 Å². The third-order valence-corrected chi connectivity index (χ3v) is 8.12. The molecule has 1 amide bonds. The minimum absolute atomic E-state index is 0.0118. The molecule has 1 fully saturated rings. The largest absolute Gasteiger partial charge is 0.386 e. The van der Waals surface area contributed by atoms with Crippen LogP contribution in [0.4, 0.5) is 5.69 Å². The second-order valence-corrected chi connectivity index (χ2v) is 10.8. The number of benzene rings is 2. The van der Waals surface area contributed by atoms with Gasteiger partial charge in [-0.3, -0.25) is 4.79 Å². The molecule has 162 valence electrons. The molecule has 2 heterocycles. The predicted molar refractivity (Wildman–Crippen MR) is 127 cm³/mol. The van der Waals surface area contributed by atoms with Crippen molar-refractivity contribution in [1.82, 2.24) is 4.98 Å². The van der Waals surface area contributed by atoms with Crippen LogP contribution in [-0.4, -0.2) is 22.5 Å². The van der Waals surface area contributed by atoms with E-state index in [4.69, 9.17) is 4.98 Å². The van der Waals surface area contributed by atoms with Crippen LogP contribution in [0.1, 0.15) is 78.9 Å². The van der Waals surface area contributed by atoms with E-state index in [1.165, 1.54) is 30.7 Å². The lowest BCUT2D eigenvalue weighted by Crippen LogP contribution is -2.39. The third-order valence-electron chi connectivity index (χ3n) is 6.94. The van der Waals surface area contributed by atoms with E-state index in [2.05, 4.69) is 13.0 Å². The molecule has 5 heteroatoms. The van der Waals surface area contributed by atoms with Crippen molar-refractivity contribution in [3.8, 4) is 0 Å². The van der Waals surface area contributed by atoms with Gasteiger partial charge in [0.1, 0.15) is 0 Å². The third kappa shape index (κ3) is 3.79. The maximum atomic E-state index is 13.3. The number of amides is 1. The predicted octanol–water partition coefficient (Wildman–Crippen LogP) is 6.02. The van der Waals surface area contributed by atoms with Gasteiger partial charge in [-0.2, -0.15) is 0 Å². The molecule has 4 nitrogen and oxygen atoms in total. The van der Waals surface area contributed by atoms with E-state index in [9.17, 15) is 9.90 Å². The van der Waals surface area contributed by atoms with Crippen LogP contribution < -0.4 is 4.90 Å². The summed E-state index contributed by atoms with van der Waals surface area (Å²) < 4.78 is 1.10. The molecular formula is C26H30N2O2S. The molecule has 0 spiro atoms. The molecule has 1 N–H and O–H groups in total. The van der Waals surface area contributed by atoms with E-state index in [1.54, 1.807) is 25.2 Å². The summed E-state index contributed by atoms with van der Waals surface area (Å²) in [5.74, 6) is 1.36. The number of hydrogen-bond acceptors (Lipinski definition) is 4. The van der Waals surface area contributed by atoms with Crippen LogP contribution in [0.2, 0.25) is 0 Å². The van der Waals surface area contributed by atoms with Crippen molar-refractivity contribution in [2.24, 2.45) is 5.92 Å². The second kappa shape index (κ2) is 7.72. The average Bonchev–Trinajstić information content (AvgIpc) is 3.16. The number of aliphatic hydroxyl groups is 1. The Kier molecular flexibility index (Phi) is 5.14. The first kappa shape index (κ1) is 20.7. The highest BCUT2D eigenvalue weighted by Gasteiger charge is 2.31. The Hall–Kier alpha value is -2.24. The number of carbonyl (C=O) groups is 1. The quantitative estimate of drug-likeness (QED) is 0.548. The minimum Gasteiger partial charge on any atom is -0.386 e. The Labute approximate surface area is 187 Å². The highest BCUT2D eigenvalue weighted by Crippen LogP contribution is 2.42. The van der Waals surface area contributed by atoms with Gasteiger partial charge in [-0.15, -0.1) is 11.3 Å². The maximum Gasteiger partial charge on any atom is 0.258 e. The van der Waals surface area contributed by atoms with Crippen LogP contribution in [0, 0.1) is 5.92 Å². The number of nitrogens with zero attached hydrogens (tertiary/aromatic N) is 2. The zero-order valence-electron chi connectivity index (χ0n) is 18.5. The first-order chi connectivity index (χ1) is 14.8. The van der Waals surface area contributed by atoms with Crippen molar-refractivity contribution in [2.45, 2.75) is 64.4 Å². The van der Waals surface area contributed by atoms with Crippen molar-refractivity contribution in [3.05, 3.63) is 58.1 Å². The zero-order chi connectivity index (χ0) is 21.8. The SMILES string of the molecule is CC1CCC(c2nc3cc(C(C)(C)O)c(N4CCc5ccccc5C4=O)cc3s2)CC1. The van der Waals surface area contributed by atoms with E-state index in [0.717, 1.165) is 44.9 Å². The summed E-state index contributed by atoms with van der Waals surface area (Å²) in [5, 5.41) is 12.2. The highest BCUT2D eigenvalue weighted by atomic mass is 32.1. The van der Waals surface area contributed by atoms with E-state index in [1.807, 2.05) is 35.2 Å². The highest BCUT2D eigenvalue weighted by molar-refractivity contribution is 7.18. The molecule has 31 heavy (non-hydrogen) atoms. The number of hydrogen-bond donors (Lipinski definition) is 1. The van der Waals surface area contributed by atoms with Crippen molar-refractivity contribution in [1.29, 1.82) is 0 Å². The lowest BCUT2D eigenvalue weighted by Gasteiger charge is -2.33. The molecule has 1 aromatic heterocycles. The number of carbonyl (C=O) groups excluding carboxylic acids is 1. The summed E-state index contributed by atoms with van der Waals surface area (Å²) in [6.07, 6.45) is 5.76. The number of thiazole rings is 1. The summed E-state index contributed by atoms with van der Waals surface area (Å²) in [4.78, 5) is 20.2. The van der Waals surface area contributed by atoms with E-state index in [-0.39, 0.29) is 5.91 Å². The number of anilines is 1. The Morgan fingerprint density at radius 1 is 1.13 bits per heavy atom. The molecule has 0 bridgehead atoms. The van der Waals surface area contributed by atoms with Crippen molar-refractivity contribution < 1.29 is 9.90 Å². The smallest absolute Gasteiger partial charge is 0.258 e. The van der Waals surface area contributed by atoms with Gasteiger partial charge in [0.2, 0.25) is 0 Å². The summed E-state index contributed by atoms with van der Waals surface area (Å²) in [6.45, 7) is 6.53. The summed E-state index contributed by atoms with van der Waals surface area (Å²) in [6, 6.07) is 11.9. The first-order valence-corrected chi connectivity index (χ1v) is 12.2. The molecule has 2 aromatic carbocycles. The van der Waals surface area contributed by atoms with Gasteiger partial charge < -0.3 is 10.0 Å². The van der Waals surface area contributed by atoms with Crippen LogP contribution in [0.3, 0.4) is 0 Å². The standard InChI is InChI=1S/C26H30N2O2S/c1-16-8-10-18(11-9-16)24-27-21-14-20(26(2,3)30)22(15-23(21)31-24)28-13-12-17-6-4-5-7-19(17)25(28)29/h4-7,14-16,18,30H,8-13H2,1-3H3. The fourth-order valence-corrected chi connectivity index (χ4v) is 6.18.